The number of thiazole rings is 1. The number of rotatable bonds is 3. The summed E-state index contributed by atoms with van der Waals surface area (Å²) in [7, 11) is 0. The average Bonchev–Trinajstić information content (AvgIpc) is 3.27. The largest absolute Gasteiger partial charge is 0.283 e. The second-order valence-corrected chi connectivity index (χ2v) is 8.19. The molecule has 2 aromatic rings. The molecular formula is C19H18FN3OS2. The second-order valence-electron chi connectivity index (χ2n) is 6.31. The topological polar surface area (TPSA) is 45.6 Å². The van der Waals surface area contributed by atoms with Gasteiger partial charge >= 0.3 is 0 Å². The maximum absolute atomic E-state index is 14.0. The Morgan fingerprint density at radius 1 is 1.23 bits per heavy atom. The maximum Gasteiger partial charge on any atom is 0.267 e. The van der Waals surface area contributed by atoms with E-state index in [2.05, 4.69) is 9.98 Å². The Morgan fingerprint density at radius 3 is 2.77 bits per heavy atom. The van der Waals surface area contributed by atoms with Crippen molar-refractivity contribution >= 4 is 45.4 Å². The SMILES string of the molecule is O=C1/C(=C/c2ccccc2F)S/C(=N/c2nccs2)N1C1CCCCC1. The number of aromatic nitrogens is 1. The lowest BCUT2D eigenvalue weighted by atomic mass is 9.94. The van der Waals surface area contributed by atoms with Crippen LogP contribution in [-0.4, -0.2) is 27.0 Å². The molecule has 0 spiro atoms. The average molecular weight is 388 g/mol. The summed E-state index contributed by atoms with van der Waals surface area (Å²) in [5.41, 5.74) is 0.419. The van der Waals surface area contributed by atoms with E-state index in [1.165, 1.54) is 35.6 Å². The molecule has 0 N–H and O–H groups in total. The molecule has 1 aromatic heterocycles. The fourth-order valence-corrected chi connectivity index (χ4v) is 4.91. The third-order valence-electron chi connectivity index (χ3n) is 4.58. The van der Waals surface area contributed by atoms with E-state index < -0.39 is 0 Å². The van der Waals surface area contributed by atoms with E-state index in [1.54, 1.807) is 35.4 Å². The summed E-state index contributed by atoms with van der Waals surface area (Å²) in [6.45, 7) is 0. The molecule has 0 radical (unpaired) electrons. The van der Waals surface area contributed by atoms with Crippen LogP contribution < -0.4 is 0 Å². The first-order valence-corrected chi connectivity index (χ1v) is 10.4. The number of carbonyl (C=O) groups is 1. The van der Waals surface area contributed by atoms with Crippen molar-refractivity contribution < 1.29 is 9.18 Å². The maximum atomic E-state index is 14.0. The number of benzene rings is 1. The lowest BCUT2D eigenvalue weighted by Crippen LogP contribution is -2.40. The first-order valence-electron chi connectivity index (χ1n) is 8.68. The zero-order valence-corrected chi connectivity index (χ0v) is 15.7. The molecule has 2 fully saturated rings. The monoisotopic (exact) mass is 387 g/mol. The molecule has 2 heterocycles. The summed E-state index contributed by atoms with van der Waals surface area (Å²) < 4.78 is 14.0. The van der Waals surface area contributed by atoms with Crippen LogP contribution in [-0.2, 0) is 4.79 Å². The van der Waals surface area contributed by atoms with Crippen molar-refractivity contribution in [3.05, 3.63) is 52.1 Å². The van der Waals surface area contributed by atoms with Crippen molar-refractivity contribution in [2.45, 2.75) is 38.1 Å². The zero-order chi connectivity index (χ0) is 17.9. The van der Waals surface area contributed by atoms with Gasteiger partial charge in [0.05, 0.1) is 4.91 Å². The highest BCUT2D eigenvalue weighted by molar-refractivity contribution is 8.18. The Kier molecular flexibility index (Phi) is 5.17. The van der Waals surface area contributed by atoms with Crippen molar-refractivity contribution in [3.8, 4) is 0 Å². The molecule has 1 amide bonds. The number of hydrogen-bond donors (Lipinski definition) is 0. The summed E-state index contributed by atoms with van der Waals surface area (Å²) in [4.78, 5) is 24.2. The summed E-state index contributed by atoms with van der Waals surface area (Å²) in [5, 5.41) is 3.15. The minimum Gasteiger partial charge on any atom is -0.283 e. The molecule has 7 heteroatoms. The Bertz CT molecular complexity index is 857. The van der Waals surface area contributed by atoms with E-state index in [0.717, 1.165) is 25.7 Å². The minimum absolute atomic E-state index is 0.0829. The second kappa shape index (κ2) is 7.72. The molecule has 0 unspecified atom stereocenters. The number of hydrogen-bond acceptors (Lipinski definition) is 5. The molecule has 0 bridgehead atoms. The molecule has 26 heavy (non-hydrogen) atoms. The van der Waals surface area contributed by atoms with Crippen molar-refractivity contribution in [2.75, 3.05) is 0 Å². The predicted octanol–water partition coefficient (Wildman–Crippen LogP) is 5.22. The fraction of sp³-hybridized carbons (Fsp3) is 0.316. The van der Waals surface area contributed by atoms with Gasteiger partial charge in [0.15, 0.2) is 5.17 Å². The molecule has 1 saturated heterocycles. The van der Waals surface area contributed by atoms with E-state index in [-0.39, 0.29) is 17.8 Å². The van der Waals surface area contributed by atoms with Gasteiger partial charge in [0.25, 0.3) is 5.91 Å². The molecule has 4 nitrogen and oxygen atoms in total. The molecule has 1 saturated carbocycles. The number of nitrogens with zero attached hydrogens (tertiary/aromatic N) is 3. The van der Waals surface area contributed by atoms with Crippen LogP contribution in [0.4, 0.5) is 9.52 Å². The quantitative estimate of drug-likeness (QED) is 0.679. The van der Waals surface area contributed by atoms with E-state index in [9.17, 15) is 9.18 Å². The summed E-state index contributed by atoms with van der Waals surface area (Å²) >= 11 is 2.75. The normalized spacial score (nSPS) is 21.9. The smallest absolute Gasteiger partial charge is 0.267 e. The molecular weight excluding hydrogens is 369 g/mol. The highest BCUT2D eigenvalue weighted by Gasteiger charge is 2.38. The van der Waals surface area contributed by atoms with Gasteiger partial charge in [0.2, 0.25) is 5.13 Å². The van der Waals surface area contributed by atoms with Gasteiger partial charge in [-0.1, -0.05) is 37.5 Å². The number of thioether (sulfide) groups is 1. The van der Waals surface area contributed by atoms with Crippen LogP contribution in [0.2, 0.25) is 0 Å². The van der Waals surface area contributed by atoms with Crippen molar-refractivity contribution in [1.29, 1.82) is 0 Å². The Morgan fingerprint density at radius 2 is 2.04 bits per heavy atom. The molecule has 2 aliphatic rings. The molecule has 1 aliphatic heterocycles. The van der Waals surface area contributed by atoms with Gasteiger partial charge in [-0.3, -0.25) is 9.69 Å². The zero-order valence-electron chi connectivity index (χ0n) is 14.1. The van der Waals surface area contributed by atoms with Crippen LogP contribution in [0.5, 0.6) is 0 Å². The van der Waals surface area contributed by atoms with Crippen molar-refractivity contribution in [2.24, 2.45) is 4.99 Å². The van der Waals surface area contributed by atoms with Gasteiger partial charge in [-0.15, -0.1) is 11.3 Å². The number of amidine groups is 1. The third-order valence-corrected chi connectivity index (χ3v) is 6.23. The van der Waals surface area contributed by atoms with Gasteiger partial charge in [0.1, 0.15) is 5.82 Å². The highest BCUT2D eigenvalue weighted by Crippen LogP contribution is 2.38. The standard InChI is InChI=1S/C19H18FN3OS2/c20-15-9-5-4-6-13(15)12-16-17(24)23(14-7-2-1-3-8-14)19(26-16)22-18-21-10-11-25-18/h4-6,9-12,14H,1-3,7-8H2/b16-12-,22-19+. The summed E-state index contributed by atoms with van der Waals surface area (Å²) in [6, 6.07) is 6.65. The van der Waals surface area contributed by atoms with E-state index in [1.807, 2.05) is 5.38 Å². The summed E-state index contributed by atoms with van der Waals surface area (Å²) in [5.74, 6) is -0.414. The first-order chi connectivity index (χ1) is 12.7. The van der Waals surface area contributed by atoms with Crippen molar-refractivity contribution in [1.82, 2.24) is 9.88 Å². The van der Waals surface area contributed by atoms with Crippen LogP contribution in [0.25, 0.3) is 6.08 Å². The van der Waals surface area contributed by atoms with Crippen LogP contribution >= 0.6 is 23.1 Å². The predicted molar refractivity (Wildman–Crippen MR) is 105 cm³/mol. The van der Waals surface area contributed by atoms with Gasteiger partial charge in [-0.05, 0) is 36.7 Å². The third kappa shape index (κ3) is 3.59. The number of aliphatic imine (C=N–C) groups is 1. The van der Waals surface area contributed by atoms with E-state index >= 15 is 0 Å². The number of amides is 1. The van der Waals surface area contributed by atoms with Gasteiger partial charge in [-0.25, -0.2) is 9.37 Å². The molecule has 134 valence electrons. The Labute approximate surface area is 159 Å². The molecule has 4 rings (SSSR count). The first kappa shape index (κ1) is 17.4. The van der Waals surface area contributed by atoms with Crippen LogP contribution in [0, 0.1) is 5.82 Å². The van der Waals surface area contributed by atoms with Gasteiger partial charge in [-0.2, -0.15) is 4.99 Å². The summed E-state index contributed by atoms with van der Waals surface area (Å²) in [6.07, 6.45) is 8.75. The van der Waals surface area contributed by atoms with Gasteiger partial charge < -0.3 is 0 Å². The lowest BCUT2D eigenvalue weighted by molar-refractivity contribution is -0.124. The minimum atomic E-state index is -0.331. The molecule has 1 aliphatic carbocycles. The van der Waals surface area contributed by atoms with Crippen molar-refractivity contribution in [3.63, 3.8) is 0 Å². The van der Waals surface area contributed by atoms with Crippen LogP contribution in [0.15, 0.2) is 45.7 Å². The molecule has 1 aromatic carbocycles. The van der Waals surface area contributed by atoms with Crippen LogP contribution in [0.1, 0.15) is 37.7 Å². The number of halogens is 1. The van der Waals surface area contributed by atoms with E-state index in [4.69, 9.17) is 0 Å². The van der Waals surface area contributed by atoms with E-state index in [0.29, 0.717) is 20.8 Å². The number of carbonyl (C=O) groups excluding carboxylic acids is 1. The fourth-order valence-electron chi connectivity index (χ4n) is 3.31. The molecule has 0 atom stereocenters. The Hall–Kier alpha value is -1.99. The van der Waals surface area contributed by atoms with Gasteiger partial charge in [0, 0.05) is 23.2 Å². The highest BCUT2D eigenvalue weighted by atomic mass is 32.2. The lowest BCUT2D eigenvalue weighted by Gasteiger charge is -2.30. The van der Waals surface area contributed by atoms with Crippen LogP contribution in [0.3, 0.4) is 0 Å². The Balaban J connectivity index is 1.70.